The lowest BCUT2D eigenvalue weighted by Gasteiger charge is -2.18. The van der Waals surface area contributed by atoms with Crippen molar-refractivity contribution in [2.24, 2.45) is 0 Å². The fourth-order valence-corrected chi connectivity index (χ4v) is 8.38. The summed E-state index contributed by atoms with van der Waals surface area (Å²) in [6.07, 6.45) is 77.2. The van der Waals surface area contributed by atoms with Gasteiger partial charge in [0.1, 0.15) is 13.2 Å². The lowest BCUT2D eigenvalue weighted by Crippen LogP contribution is -2.30. The number of rotatable bonds is 54. The van der Waals surface area contributed by atoms with Gasteiger partial charge >= 0.3 is 17.9 Å². The van der Waals surface area contributed by atoms with E-state index >= 15 is 0 Å². The van der Waals surface area contributed by atoms with E-state index in [0.29, 0.717) is 19.3 Å². The van der Waals surface area contributed by atoms with Gasteiger partial charge in [-0.2, -0.15) is 0 Å². The molecule has 0 N–H and O–H groups in total. The van der Waals surface area contributed by atoms with Crippen molar-refractivity contribution < 1.29 is 28.6 Å². The Balaban J connectivity index is 4.29. The molecule has 0 saturated carbocycles. The summed E-state index contributed by atoms with van der Waals surface area (Å²) < 4.78 is 16.9. The first-order valence-electron chi connectivity index (χ1n) is 30.1. The van der Waals surface area contributed by atoms with E-state index in [2.05, 4.69) is 106 Å². The summed E-state index contributed by atoms with van der Waals surface area (Å²) >= 11 is 0. The normalized spacial score (nSPS) is 12.7. The van der Waals surface area contributed by atoms with Crippen LogP contribution in [0.2, 0.25) is 0 Å². The Labute approximate surface area is 439 Å². The second kappa shape index (κ2) is 59.2. The molecular formula is C65H112O6. The molecule has 0 saturated heterocycles. The summed E-state index contributed by atoms with van der Waals surface area (Å²) in [5.74, 6) is -0.889. The van der Waals surface area contributed by atoms with Gasteiger partial charge in [0.2, 0.25) is 0 Å². The number of carbonyl (C=O) groups excluding carboxylic acids is 3. The van der Waals surface area contributed by atoms with Gasteiger partial charge in [-0.05, 0) is 96.3 Å². The van der Waals surface area contributed by atoms with Crippen LogP contribution in [0, 0.1) is 0 Å². The predicted octanol–water partition coefficient (Wildman–Crippen LogP) is 20.3. The molecule has 0 amide bonds. The van der Waals surface area contributed by atoms with E-state index in [4.69, 9.17) is 14.2 Å². The minimum absolute atomic E-state index is 0.0796. The van der Waals surface area contributed by atoms with Crippen LogP contribution < -0.4 is 0 Å². The largest absolute Gasteiger partial charge is 0.462 e. The van der Waals surface area contributed by atoms with Gasteiger partial charge in [-0.25, -0.2) is 0 Å². The molecule has 0 aromatic carbocycles. The first-order valence-corrected chi connectivity index (χ1v) is 30.1. The van der Waals surface area contributed by atoms with E-state index in [1.54, 1.807) is 0 Å². The zero-order chi connectivity index (χ0) is 51.4. The van der Waals surface area contributed by atoms with E-state index in [0.717, 1.165) is 116 Å². The zero-order valence-electron chi connectivity index (χ0n) is 46.7. The molecule has 0 rings (SSSR count). The molecule has 6 nitrogen and oxygen atoms in total. The van der Waals surface area contributed by atoms with E-state index in [1.165, 1.54) is 135 Å². The van der Waals surface area contributed by atoms with Crippen molar-refractivity contribution in [3.63, 3.8) is 0 Å². The third kappa shape index (κ3) is 57.4. The lowest BCUT2D eigenvalue weighted by atomic mass is 10.0. The number of allylic oxidation sites excluding steroid dienone is 14. The first kappa shape index (κ1) is 67.6. The van der Waals surface area contributed by atoms with E-state index in [-0.39, 0.29) is 31.1 Å². The van der Waals surface area contributed by atoms with Crippen molar-refractivity contribution in [1.82, 2.24) is 0 Å². The maximum absolute atomic E-state index is 12.8. The van der Waals surface area contributed by atoms with Gasteiger partial charge in [-0.15, -0.1) is 0 Å². The van der Waals surface area contributed by atoms with Crippen molar-refractivity contribution in [2.45, 2.75) is 297 Å². The highest BCUT2D eigenvalue weighted by Crippen LogP contribution is 2.15. The number of carbonyl (C=O) groups is 3. The Kier molecular flexibility index (Phi) is 56.3. The molecule has 0 aliphatic rings. The van der Waals surface area contributed by atoms with Gasteiger partial charge in [-0.3, -0.25) is 14.4 Å². The minimum atomic E-state index is -0.782. The Bertz CT molecular complexity index is 1370. The molecule has 408 valence electrons. The van der Waals surface area contributed by atoms with Crippen LogP contribution in [0.3, 0.4) is 0 Å². The number of hydrogen-bond acceptors (Lipinski definition) is 6. The monoisotopic (exact) mass is 989 g/mol. The SMILES string of the molecule is CC/C=C\C/C=C\C/C=C\C/C=C\C/C=C\C/C=C\CCCCCCCCCCC(=O)OCC(COC(=O)CCCCCCCCCCCCCC)OC(=O)CCCCCCC/C=C\CCCCCCC. The molecule has 0 aromatic rings. The van der Waals surface area contributed by atoms with Gasteiger partial charge in [-0.1, -0.05) is 260 Å². The third-order valence-corrected chi connectivity index (χ3v) is 12.9. The molecule has 0 heterocycles. The van der Waals surface area contributed by atoms with Crippen LogP contribution in [0.4, 0.5) is 0 Å². The average Bonchev–Trinajstić information content (AvgIpc) is 3.37. The van der Waals surface area contributed by atoms with Gasteiger partial charge in [0.05, 0.1) is 0 Å². The average molecular weight is 990 g/mol. The smallest absolute Gasteiger partial charge is 0.306 e. The van der Waals surface area contributed by atoms with E-state index < -0.39 is 6.10 Å². The van der Waals surface area contributed by atoms with Crippen LogP contribution in [0.15, 0.2) is 85.1 Å². The maximum Gasteiger partial charge on any atom is 0.306 e. The summed E-state index contributed by atoms with van der Waals surface area (Å²) in [5, 5.41) is 0. The molecule has 0 aromatic heterocycles. The topological polar surface area (TPSA) is 78.9 Å². The number of esters is 3. The quantitative estimate of drug-likeness (QED) is 0.0261. The fraction of sp³-hybridized carbons (Fsp3) is 0.738. The molecular weight excluding hydrogens is 877 g/mol. The molecule has 1 unspecified atom stereocenters. The van der Waals surface area contributed by atoms with Crippen LogP contribution >= 0.6 is 0 Å². The molecule has 0 radical (unpaired) electrons. The van der Waals surface area contributed by atoms with Crippen molar-refractivity contribution in [3.05, 3.63) is 85.1 Å². The van der Waals surface area contributed by atoms with Gasteiger partial charge in [0, 0.05) is 19.3 Å². The standard InChI is InChI=1S/C65H112O6/c1-4-7-10-13-16-19-22-25-27-28-29-30-31-32-33-34-35-36-37-38-39-41-43-46-49-52-55-58-64(67)70-61-62(60-69-63(66)57-54-51-48-45-42-24-21-18-15-12-9-6-3)71-65(68)59-56-53-50-47-44-40-26-23-20-17-14-11-8-5-2/h7,10,16,19,23,25-27,29-30,32-33,35-36,62H,4-6,8-9,11-15,17-18,20-22,24,28,31,34,37-61H2,1-3H3/b10-7-,19-16-,26-23-,27-25-,30-29-,33-32-,36-35-. The molecule has 0 spiro atoms. The first-order chi connectivity index (χ1) is 35.0. The van der Waals surface area contributed by atoms with E-state index in [1.807, 2.05) is 0 Å². The Hall–Kier alpha value is -3.41. The van der Waals surface area contributed by atoms with Gasteiger partial charge < -0.3 is 14.2 Å². The molecule has 1 atom stereocenters. The molecule has 6 heteroatoms. The Morgan fingerprint density at radius 2 is 0.549 bits per heavy atom. The number of ether oxygens (including phenoxy) is 3. The number of hydrogen-bond donors (Lipinski definition) is 0. The summed E-state index contributed by atoms with van der Waals surface area (Å²) in [4.78, 5) is 38.1. The van der Waals surface area contributed by atoms with Crippen LogP contribution in [-0.2, 0) is 28.6 Å². The molecule has 0 aliphatic heterocycles. The van der Waals surface area contributed by atoms with Crippen molar-refractivity contribution in [2.75, 3.05) is 13.2 Å². The summed E-state index contributed by atoms with van der Waals surface area (Å²) in [6, 6.07) is 0. The second-order valence-corrected chi connectivity index (χ2v) is 19.9. The van der Waals surface area contributed by atoms with Gasteiger partial charge in [0.25, 0.3) is 0 Å². The fourth-order valence-electron chi connectivity index (χ4n) is 8.38. The summed E-state index contributed by atoms with van der Waals surface area (Å²) in [5.41, 5.74) is 0. The Morgan fingerprint density at radius 3 is 0.873 bits per heavy atom. The molecule has 71 heavy (non-hydrogen) atoms. The van der Waals surface area contributed by atoms with Crippen LogP contribution in [-0.4, -0.2) is 37.2 Å². The van der Waals surface area contributed by atoms with E-state index in [9.17, 15) is 14.4 Å². The Morgan fingerprint density at radius 1 is 0.296 bits per heavy atom. The molecule has 0 bridgehead atoms. The molecule has 0 aliphatic carbocycles. The van der Waals surface area contributed by atoms with Crippen molar-refractivity contribution in [1.29, 1.82) is 0 Å². The highest BCUT2D eigenvalue weighted by Gasteiger charge is 2.19. The van der Waals surface area contributed by atoms with Crippen molar-refractivity contribution in [3.8, 4) is 0 Å². The van der Waals surface area contributed by atoms with Gasteiger partial charge in [0.15, 0.2) is 6.10 Å². The summed E-state index contributed by atoms with van der Waals surface area (Å²) in [7, 11) is 0. The number of unbranched alkanes of at least 4 members (excludes halogenated alkanes) is 29. The van der Waals surface area contributed by atoms with Crippen LogP contribution in [0.1, 0.15) is 290 Å². The van der Waals surface area contributed by atoms with Crippen LogP contribution in [0.5, 0.6) is 0 Å². The van der Waals surface area contributed by atoms with Crippen LogP contribution in [0.25, 0.3) is 0 Å². The third-order valence-electron chi connectivity index (χ3n) is 12.9. The molecule has 0 fully saturated rings. The predicted molar refractivity (Wildman–Crippen MR) is 307 cm³/mol. The zero-order valence-corrected chi connectivity index (χ0v) is 46.7. The minimum Gasteiger partial charge on any atom is -0.462 e. The maximum atomic E-state index is 12.8. The highest BCUT2D eigenvalue weighted by molar-refractivity contribution is 5.71. The lowest BCUT2D eigenvalue weighted by molar-refractivity contribution is -0.167. The summed E-state index contributed by atoms with van der Waals surface area (Å²) in [6.45, 7) is 6.52. The highest BCUT2D eigenvalue weighted by atomic mass is 16.6. The van der Waals surface area contributed by atoms with Crippen molar-refractivity contribution >= 4 is 17.9 Å². The second-order valence-electron chi connectivity index (χ2n) is 19.9.